The Balaban J connectivity index is 2.90. The van der Waals surface area contributed by atoms with Crippen molar-refractivity contribution in [2.45, 2.75) is 33.2 Å². The smallest absolute Gasteiger partial charge is 0.264 e. The van der Waals surface area contributed by atoms with Gasteiger partial charge < -0.3 is 10.3 Å². The second-order valence-electron chi connectivity index (χ2n) is 3.97. The number of aromatic nitrogens is 1. The standard InChI is InChI=1S/C11H17BrN2O/c1-3-4-8(2)6-14-7-9(13)5-10(12)11(14)15/h5,7-8H,3-4,6,13H2,1-2H3. The van der Waals surface area contributed by atoms with Gasteiger partial charge in [-0.05, 0) is 34.3 Å². The monoisotopic (exact) mass is 272 g/mol. The molecule has 0 spiro atoms. The molecule has 0 saturated carbocycles. The van der Waals surface area contributed by atoms with E-state index < -0.39 is 0 Å². The average molecular weight is 273 g/mol. The van der Waals surface area contributed by atoms with E-state index in [0.29, 0.717) is 16.1 Å². The van der Waals surface area contributed by atoms with Crippen LogP contribution in [0.3, 0.4) is 0 Å². The molecule has 1 atom stereocenters. The summed E-state index contributed by atoms with van der Waals surface area (Å²) in [6.07, 6.45) is 3.97. The molecule has 0 aliphatic carbocycles. The molecule has 0 aliphatic heterocycles. The lowest BCUT2D eigenvalue weighted by atomic mass is 10.1. The highest BCUT2D eigenvalue weighted by atomic mass is 79.9. The number of pyridine rings is 1. The number of halogens is 1. The molecule has 1 aromatic heterocycles. The molecule has 2 N–H and O–H groups in total. The fourth-order valence-electron chi connectivity index (χ4n) is 1.68. The van der Waals surface area contributed by atoms with Gasteiger partial charge in [0.15, 0.2) is 0 Å². The third-order valence-corrected chi connectivity index (χ3v) is 2.92. The van der Waals surface area contributed by atoms with Crippen molar-refractivity contribution in [2.75, 3.05) is 5.73 Å². The lowest BCUT2D eigenvalue weighted by Gasteiger charge is -2.13. The predicted octanol–water partition coefficient (Wildman–Crippen LogP) is 2.63. The Morgan fingerprint density at radius 2 is 2.27 bits per heavy atom. The number of rotatable bonds is 4. The maximum atomic E-state index is 11.7. The number of nitrogens with zero attached hydrogens (tertiary/aromatic N) is 1. The Hall–Kier alpha value is -0.770. The molecular formula is C11H17BrN2O. The minimum Gasteiger partial charge on any atom is -0.398 e. The van der Waals surface area contributed by atoms with Crippen LogP contribution in [0.5, 0.6) is 0 Å². The molecule has 1 unspecified atom stereocenters. The van der Waals surface area contributed by atoms with Gasteiger partial charge in [-0.1, -0.05) is 20.3 Å². The zero-order valence-corrected chi connectivity index (χ0v) is 10.8. The van der Waals surface area contributed by atoms with Crippen molar-refractivity contribution in [3.05, 3.63) is 27.1 Å². The number of anilines is 1. The van der Waals surface area contributed by atoms with Crippen LogP contribution in [0.1, 0.15) is 26.7 Å². The van der Waals surface area contributed by atoms with Crippen LogP contribution in [-0.4, -0.2) is 4.57 Å². The van der Waals surface area contributed by atoms with Gasteiger partial charge in [-0.3, -0.25) is 4.79 Å². The summed E-state index contributed by atoms with van der Waals surface area (Å²) < 4.78 is 2.21. The Bertz CT molecular complexity index is 387. The van der Waals surface area contributed by atoms with E-state index in [1.54, 1.807) is 16.8 Å². The van der Waals surface area contributed by atoms with Crippen molar-refractivity contribution < 1.29 is 0 Å². The van der Waals surface area contributed by atoms with Crippen molar-refractivity contribution in [1.82, 2.24) is 4.57 Å². The van der Waals surface area contributed by atoms with Gasteiger partial charge >= 0.3 is 0 Å². The summed E-state index contributed by atoms with van der Waals surface area (Å²) in [5.74, 6) is 0.501. The molecule has 4 heteroatoms. The van der Waals surface area contributed by atoms with Gasteiger partial charge in [-0.15, -0.1) is 0 Å². The van der Waals surface area contributed by atoms with E-state index in [2.05, 4.69) is 29.8 Å². The zero-order valence-electron chi connectivity index (χ0n) is 9.16. The van der Waals surface area contributed by atoms with Crippen molar-refractivity contribution in [3.8, 4) is 0 Å². The Labute approximate surface area is 98.4 Å². The number of hydrogen-bond donors (Lipinski definition) is 1. The van der Waals surface area contributed by atoms with Crippen molar-refractivity contribution in [2.24, 2.45) is 5.92 Å². The van der Waals surface area contributed by atoms with Crippen molar-refractivity contribution in [1.29, 1.82) is 0 Å². The molecule has 3 nitrogen and oxygen atoms in total. The number of nitrogens with two attached hydrogens (primary N) is 1. The molecule has 1 rings (SSSR count). The molecule has 0 aromatic carbocycles. The second kappa shape index (κ2) is 5.35. The molecule has 0 aliphatic rings. The van der Waals surface area contributed by atoms with Crippen LogP contribution < -0.4 is 11.3 Å². The first-order chi connectivity index (χ1) is 7.04. The summed E-state index contributed by atoms with van der Waals surface area (Å²) >= 11 is 3.21. The van der Waals surface area contributed by atoms with E-state index in [9.17, 15) is 4.79 Å². The normalized spacial score (nSPS) is 12.7. The SMILES string of the molecule is CCCC(C)Cn1cc(N)cc(Br)c1=O. The van der Waals surface area contributed by atoms with E-state index >= 15 is 0 Å². The maximum Gasteiger partial charge on any atom is 0.264 e. The van der Waals surface area contributed by atoms with Crippen LogP contribution in [0, 0.1) is 5.92 Å². The van der Waals surface area contributed by atoms with Gasteiger partial charge in [-0.2, -0.15) is 0 Å². The van der Waals surface area contributed by atoms with Crippen molar-refractivity contribution >= 4 is 21.6 Å². The molecule has 0 radical (unpaired) electrons. The molecule has 0 saturated heterocycles. The van der Waals surface area contributed by atoms with Crippen LogP contribution in [0.2, 0.25) is 0 Å². The third-order valence-electron chi connectivity index (χ3n) is 2.35. The molecular weight excluding hydrogens is 256 g/mol. The summed E-state index contributed by atoms with van der Waals surface area (Å²) in [5.41, 5.74) is 6.30. The molecule has 1 heterocycles. The predicted molar refractivity (Wildman–Crippen MR) is 66.9 cm³/mol. The van der Waals surface area contributed by atoms with E-state index in [1.165, 1.54) is 0 Å². The second-order valence-corrected chi connectivity index (χ2v) is 4.83. The minimum absolute atomic E-state index is 0.00727. The highest BCUT2D eigenvalue weighted by Gasteiger charge is 2.06. The van der Waals surface area contributed by atoms with E-state index in [1.807, 2.05) is 0 Å². The van der Waals surface area contributed by atoms with E-state index in [4.69, 9.17) is 5.73 Å². The topological polar surface area (TPSA) is 48.0 Å². The summed E-state index contributed by atoms with van der Waals surface area (Å²) in [4.78, 5) is 11.7. The summed E-state index contributed by atoms with van der Waals surface area (Å²) in [7, 11) is 0. The van der Waals surface area contributed by atoms with Gasteiger partial charge in [0.2, 0.25) is 0 Å². The number of nitrogen functional groups attached to an aromatic ring is 1. The average Bonchev–Trinajstić information content (AvgIpc) is 2.13. The fourth-order valence-corrected chi connectivity index (χ4v) is 2.17. The van der Waals surface area contributed by atoms with Gasteiger partial charge in [0, 0.05) is 18.4 Å². The highest BCUT2D eigenvalue weighted by molar-refractivity contribution is 9.10. The number of hydrogen-bond acceptors (Lipinski definition) is 2. The summed E-state index contributed by atoms with van der Waals surface area (Å²) in [6.45, 7) is 5.03. The van der Waals surface area contributed by atoms with Gasteiger partial charge in [0.05, 0.1) is 4.47 Å². The van der Waals surface area contributed by atoms with Crippen molar-refractivity contribution in [3.63, 3.8) is 0 Å². The van der Waals surface area contributed by atoms with Crippen LogP contribution >= 0.6 is 15.9 Å². The van der Waals surface area contributed by atoms with E-state index in [0.717, 1.165) is 19.4 Å². The summed E-state index contributed by atoms with van der Waals surface area (Å²) in [6, 6.07) is 1.64. The lowest BCUT2D eigenvalue weighted by molar-refractivity contribution is 0.438. The molecule has 1 aromatic rings. The minimum atomic E-state index is -0.00727. The first kappa shape index (κ1) is 12.3. The maximum absolute atomic E-state index is 11.7. The largest absolute Gasteiger partial charge is 0.398 e. The van der Waals surface area contributed by atoms with Crippen LogP contribution in [0.15, 0.2) is 21.5 Å². The first-order valence-corrected chi connectivity index (χ1v) is 5.99. The van der Waals surface area contributed by atoms with Crippen LogP contribution in [-0.2, 0) is 6.54 Å². The van der Waals surface area contributed by atoms with Crippen LogP contribution in [0.4, 0.5) is 5.69 Å². The Morgan fingerprint density at radius 3 is 2.87 bits per heavy atom. The first-order valence-electron chi connectivity index (χ1n) is 5.20. The van der Waals surface area contributed by atoms with E-state index in [-0.39, 0.29) is 5.56 Å². The zero-order chi connectivity index (χ0) is 11.4. The molecule has 0 amide bonds. The fraction of sp³-hybridized carbons (Fsp3) is 0.545. The molecule has 0 fully saturated rings. The quantitative estimate of drug-likeness (QED) is 0.916. The summed E-state index contributed by atoms with van der Waals surface area (Å²) in [5, 5.41) is 0. The lowest BCUT2D eigenvalue weighted by Crippen LogP contribution is -2.23. The van der Waals surface area contributed by atoms with Gasteiger partial charge in [0.25, 0.3) is 5.56 Å². The molecule has 0 bridgehead atoms. The van der Waals surface area contributed by atoms with Gasteiger partial charge in [0.1, 0.15) is 0 Å². The Morgan fingerprint density at radius 1 is 1.60 bits per heavy atom. The molecule has 84 valence electrons. The highest BCUT2D eigenvalue weighted by Crippen LogP contribution is 2.11. The van der Waals surface area contributed by atoms with Gasteiger partial charge in [-0.25, -0.2) is 0 Å². The Kier molecular flexibility index (Phi) is 4.39. The third kappa shape index (κ3) is 3.38. The molecule has 15 heavy (non-hydrogen) atoms. The van der Waals surface area contributed by atoms with Crippen LogP contribution in [0.25, 0.3) is 0 Å².